The van der Waals surface area contributed by atoms with Crippen molar-refractivity contribution in [3.8, 4) is 6.07 Å². The summed E-state index contributed by atoms with van der Waals surface area (Å²) < 4.78 is 0. The summed E-state index contributed by atoms with van der Waals surface area (Å²) in [4.78, 5) is 14.2. The predicted molar refractivity (Wildman–Crippen MR) is 71.1 cm³/mol. The molecule has 0 spiro atoms. The van der Waals surface area contributed by atoms with Crippen LogP contribution in [0.1, 0.15) is 24.0 Å². The summed E-state index contributed by atoms with van der Waals surface area (Å²) in [5, 5.41) is 12.4. The zero-order chi connectivity index (χ0) is 13.2. The maximum Gasteiger partial charge on any atom is 0.241 e. The summed E-state index contributed by atoms with van der Waals surface area (Å²) in [5.74, 6) is 0.0820. The molecule has 0 radical (unpaired) electrons. The van der Waals surface area contributed by atoms with E-state index in [4.69, 9.17) is 5.26 Å². The van der Waals surface area contributed by atoms with Crippen molar-refractivity contribution in [1.29, 1.82) is 5.26 Å². The van der Waals surface area contributed by atoms with E-state index >= 15 is 0 Å². The molecule has 2 unspecified atom stereocenters. The Morgan fingerprint density at radius 3 is 2.95 bits per heavy atom. The Morgan fingerprint density at radius 1 is 1.37 bits per heavy atom. The van der Waals surface area contributed by atoms with Crippen LogP contribution in [-0.2, 0) is 17.8 Å². The molecule has 19 heavy (non-hydrogen) atoms. The Hall–Kier alpha value is -1.86. The average Bonchev–Trinajstić information content (AvgIpc) is 2.94. The van der Waals surface area contributed by atoms with Gasteiger partial charge >= 0.3 is 0 Å². The molecule has 1 saturated heterocycles. The molecule has 0 aliphatic carbocycles. The predicted octanol–water partition coefficient (Wildman–Crippen LogP) is 1.22. The highest BCUT2D eigenvalue weighted by atomic mass is 16.2. The van der Waals surface area contributed by atoms with Crippen LogP contribution in [0.2, 0.25) is 0 Å². The highest BCUT2D eigenvalue weighted by molar-refractivity contribution is 5.83. The highest BCUT2D eigenvalue weighted by Crippen LogP contribution is 2.21. The van der Waals surface area contributed by atoms with Gasteiger partial charge in [-0.15, -0.1) is 0 Å². The fourth-order valence-electron chi connectivity index (χ4n) is 2.99. The van der Waals surface area contributed by atoms with Gasteiger partial charge in [0.05, 0.1) is 12.1 Å². The van der Waals surface area contributed by atoms with Gasteiger partial charge in [0.15, 0.2) is 0 Å². The zero-order valence-electron chi connectivity index (χ0n) is 10.8. The van der Waals surface area contributed by atoms with Crippen LogP contribution in [0.3, 0.4) is 0 Å². The molecule has 4 heteroatoms. The van der Waals surface area contributed by atoms with Crippen LogP contribution < -0.4 is 5.32 Å². The first-order chi connectivity index (χ1) is 9.29. The summed E-state index contributed by atoms with van der Waals surface area (Å²) in [7, 11) is 0. The lowest BCUT2D eigenvalue weighted by molar-refractivity contribution is -0.133. The van der Waals surface area contributed by atoms with Crippen molar-refractivity contribution in [2.75, 3.05) is 6.54 Å². The molecule has 0 saturated carbocycles. The third kappa shape index (κ3) is 2.22. The van der Waals surface area contributed by atoms with Crippen molar-refractivity contribution < 1.29 is 4.79 Å². The molecule has 1 aromatic carbocycles. The molecule has 2 heterocycles. The number of amides is 1. The van der Waals surface area contributed by atoms with Crippen molar-refractivity contribution >= 4 is 5.91 Å². The van der Waals surface area contributed by atoms with E-state index in [1.807, 2.05) is 12.1 Å². The SMILES string of the molecule is N#CC1CCCN1C(=O)C1Cc2ccccc2CN1. The fourth-order valence-corrected chi connectivity index (χ4v) is 2.99. The van der Waals surface area contributed by atoms with Gasteiger partial charge in [-0.05, 0) is 30.4 Å². The monoisotopic (exact) mass is 255 g/mol. The van der Waals surface area contributed by atoms with E-state index in [0.717, 1.165) is 32.4 Å². The van der Waals surface area contributed by atoms with Gasteiger partial charge in [-0.25, -0.2) is 0 Å². The second-order valence-electron chi connectivity index (χ2n) is 5.23. The van der Waals surface area contributed by atoms with Crippen molar-refractivity contribution in [3.05, 3.63) is 35.4 Å². The number of benzene rings is 1. The summed E-state index contributed by atoms with van der Waals surface area (Å²) in [6.07, 6.45) is 2.47. The first-order valence-electron chi connectivity index (χ1n) is 6.80. The second kappa shape index (κ2) is 5.02. The van der Waals surface area contributed by atoms with E-state index in [9.17, 15) is 4.79 Å². The van der Waals surface area contributed by atoms with E-state index in [2.05, 4.69) is 23.5 Å². The van der Waals surface area contributed by atoms with Gasteiger partial charge in [0.2, 0.25) is 5.91 Å². The maximum absolute atomic E-state index is 12.5. The van der Waals surface area contributed by atoms with Gasteiger partial charge in [-0.1, -0.05) is 24.3 Å². The molecule has 2 atom stereocenters. The van der Waals surface area contributed by atoms with Crippen LogP contribution in [0.25, 0.3) is 0 Å². The number of hydrogen-bond donors (Lipinski definition) is 1. The number of carbonyl (C=O) groups excluding carboxylic acids is 1. The van der Waals surface area contributed by atoms with Gasteiger partial charge in [0.1, 0.15) is 6.04 Å². The molecule has 3 rings (SSSR count). The molecule has 1 amide bonds. The largest absolute Gasteiger partial charge is 0.325 e. The smallest absolute Gasteiger partial charge is 0.241 e. The Labute approximate surface area is 113 Å². The molecule has 0 aromatic heterocycles. The van der Waals surface area contributed by atoms with E-state index in [-0.39, 0.29) is 18.0 Å². The molecule has 0 bridgehead atoms. The first-order valence-corrected chi connectivity index (χ1v) is 6.80. The third-order valence-corrected chi connectivity index (χ3v) is 4.06. The lowest BCUT2D eigenvalue weighted by Crippen LogP contribution is -2.50. The quantitative estimate of drug-likeness (QED) is 0.820. The number of hydrogen-bond acceptors (Lipinski definition) is 3. The van der Waals surface area contributed by atoms with Gasteiger partial charge in [-0.2, -0.15) is 5.26 Å². The number of nitrogens with zero attached hydrogens (tertiary/aromatic N) is 2. The molecule has 1 N–H and O–H groups in total. The number of nitriles is 1. The molecule has 98 valence electrons. The Kier molecular flexibility index (Phi) is 3.22. The minimum absolute atomic E-state index is 0.0820. The number of likely N-dealkylation sites (tertiary alicyclic amines) is 1. The van der Waals surface area contributed by atoms with Crippen LogP contribution in [0, 0.1) is 11.3 Å². The normalized spacial score (nSPS) is 25.7. The molecule has 2 aliphatic heterocycles. The van der Waals surface area contributed by atoms with Crippen LogP contribution in [0.15, 0.2) is 24.3 Å². The lowest BCUT2D eigenvalue weighted by atomic mass is 9.95. The van der Waals surface area contributed by atoms with E-state index in [1.165, 1.54) is 11.1 Å². The van der Waals surface area contributed by atoms with Gasteiger partial charge in [0.25, 0.3) is 0 Å². The van der Waals surface area contributed by atoms with Crippen LogP contribution in [0.4, 0.5) is 0 Å². The fraction of sp³-hybridized carbons (Fsp3) is 0.467. The second-order valence-corrected chi connectivity index (χ2v) is 5.23. The molecule has 2 aliphatic rings. The zero-order valence-corrected chi connectivity index (χ0v) is 10.8. The van der Waals surface area contributed by atoms with Crippen molar-refractivity contribution in [2.45, 2.75) is 37.9 Å². The highest BCUT2D eigenvalue weighted by Gasteiger charge is 2.34. The Morgan fingerprint density at radius 2 is 2.16 bits per heavy atom. The summed E-state index contributed by atoms with van der Waals surface area (Å²) in [5.41, 5.74) is 2.51. The standard InChI is InChI=1S/C15H17N3O/c16-9-13-6-3-7-18(13)15(19)14-8-11-4-1-2-5-12(11)10-17-14/h1-2,4-5,13-14,17H,3,6-8,10H2. The molecular formula is C15H17N3O. The number of carbonyl (C=O) groups is 1. The number of nitrogens with one attached hydrogen (secondary N) is 1. The number of fused-ring (bicyclic) bond motifs is 1. The number of rotatable bonds is 1. The third-order valence-electron chi connectivity index (χ3n) is 4.06. The van der Waals surface area contributed by atoms with Crippen molar-refractivity contribution in [1.82, 2.24) is 10.2 Å². The van der Waals surface area contributed by atoms with Gasteiger partial charge < -0.3 is 10.2 Å². The topological polar surface area (TPSA) is 56.1 Å². The summed E-state index contributed by atoms with van der Waals surface area (Å²) in [6, 6.07) is 10.0. The van der Waals surface area contributed by atoms with E-state index < -0.39 is 0 Å². The molecule has 1 fully saturated rings. The molecule has 4 nitrogen and oxygen atoms in total. The first kappa shape index (κ1) is 12.2. The average molecular weight is 255 g/mol. The molecule has 1 aromatic rings. The van der Waals surface area contributed by atoms with Crippen LogP contribution >= 0.6 is 0 Å². The maximum atomic E-state index is 12.5. The van der Waals surface area contributed by atoms with Gasteiger partial charge in [-0.3, -0.25) is 4.79 Å². The minimum atomic E-state index is -0.230. The summed E-state index contributed by atoms with van der Waals surface area (Å²) >= 11 is 0. The Bertz CT molecular complexity index is 534. The van der Waals surface area contributed by atoms with Crippen molar-refractivity contribution in [3.63, 3.8) is 0 Å². The van der Waals surface area contributed by atoms with Crippen LogP contribution in [0.5, 0.6) is 0 Å². The molecular weight excluding hydrogens is 238 g/mol. The van der Waals surface area contributed by atoms with Gasteiger partial charge in [0, 0.05) is 13.1 Å². The lowest BCUT2D eigenvalue weighted by Gasteiger charge is -2.30. The Balaban J connectivity index is 1.75. The van der Waals surface area contributed by atoms with Crippen LogP contribution in [-0.4, -0.2) is 29.4 Å². The minimum Gasteiger partial charge on any atom is -0.325 e. The van der Waals surface area contributed by atoms with E-state index in [1.54, 1.807) is 4.90 Å². The summed E-state index contributed by atoms with van der Waals surface area (Å²) in [6.45, 7) is 1.45. The van der Waals surface area contributed by atoms with E-state index in [0.29, 0.717) is 0 Å². The van der Waals surface area contributed by atoms with Crippen molar-refractivity contribution in [2.24, 2.45) is 0 Å².